The Morgan fingerprint density at radius 1 is 1.43 bits per heavy atom. The van der Waals surface area contributed by atoms with Crippen molar-refractivity contribution >= 4 is 5.97 Å². The second-order valence-electron chi connectivity index (χ2n) is 5.51. The van der Waals surface area contributed by atoms with Gasteiger partial charge in [0.05, 0.1) is 0 Å². The van der Waals surface area contributed by atoms with E-state index in [2.05, 4.69) is 20.8 Å². The summed E-state index contributed by atoms with van der Waals surface area (Å²) in [5, 5.41) is 0. The lowest BCUT2D eigenvalue weighted by Gasteiger charge is -2.38. The number of fused-ring (bicyclic) bond motifs is 1. The number of hydrogen-bond donors (Lipinski definition) is 0. The molecule has 2 rings (SSSR count). The molecule has 0 bridgehead atoms. The van der Waals surface area contributed by atoms with E-state index in [4.69, 9.17) is 4.74 Å². The molecule has 1 aliphatic carbocycles. The van der Waals surface area contributed by atoms with Crippen molar-refractivity contribution in [2.45, 2.75) is 52.6 Å². The molecule has 3 atom stereocenters. The molecule has 0 spiro atoms. The van der Waals surface area contributed by atoms with Crippen LogP contribution in [0.3, 0.4) is 0 Å². The molecular weight excluding hydrogens is 176 g/mol. The first-order valence-electron chi connectivity index (χ1n) is 5.72. The van der Waals surface area contributed by atoms with Crippen LogP contribution in [0.4, 0.5) is 0 Å². The van der Waals surface area contributed by atoms with E-state index in [1.807, 2.05) is 0 Å². The van der Waals surface area contributed by atoms with Crippen LogP contribution < -0.4 is 0 Å². The summed E-state index contributed by atoms with van der Waals surface area (Å²) >= 11 is 0. The summed E-state index contributed by atoms with van der Waals surface area (Å²) < 4.78 is 5.55. The third-order valence-electron chi connectivity index (χ3n) is 4.14. The number of carbonyl (C=O) groups excluding carboxylic acids is 1. The maximum Gasteiger partial charge on any atom is 0.306 e. The molecule has 1 heterocycles. The molecule has 0 aromatic rings. The predicted octanol–water partition coefficient (Wildman–Crippen LogP) is 2.76. The van der Waals surface area contributed by atoms with Gasteiger partial charge < -0.3 is 4.74 Å². The highest BCUT2D eigenvalue weighted by molar-refractivity contribution is 5.70. The fraction of sp³-hybridized carbons (Fsp3) is 0.917. The van der Waals surface area contributed by atoms with Gasteiger partial charge in [-0.25, -0.2) is 0 Å². The monoisotopic (exact) mass is 196 g/mol. The Morgan fingerprint density at radius 3 is 2.79 bits per heavy atom. The van der Waals surface area contributed by atoms with Crippen LogP contribution in [0.5, 0.6) is 0 Å². The Balaban J connectivity index is 2.18. The summed E-state index contributed by atoms with van der Waals surface area (Å²) in [6.45, 7) is 6.75. The average Bonchev–Trinajstić information content (AvgIpc) is 2.43. The normalized spacial score (nSPS) is 42.4. The largest absolute Gasteiger partial charge is 0.461 e. The van der Waals surface area contributed by atoms with Gasteiger partial charge in [0.25, 0.3) is 0 Å². The van der Waals surface area contributed by atoms with E-state index in [9.17, 15) is 4.79 Å². The van der Waals surface area contributed by atoms with Gasteiger partial charge in [-0.2, -0.15) is 0 Å². The lowest BCUT2D eigenvalue weighted by atomic mass is 9.77. The summed E-state index contributed by atoms with van der Waals surface area (Å²) in [4.78, 5) is 11.3. The van der Waals surface area contributed by atoms with Crippen LogP contribution in [-0.2, 0) is 9.53 Å². The van der Waals surface area contributed by atoms with E-state index in [0.717, 1.165) is 6.42 Å². The van der Waals surface area contributed by atoms with Crippen molar-refractivity contribution < 1.29 is 9.53 Å². The first-order chi connectivity index (χ1) is 6.53. The van der Waals surface area contributed by atoms with Crippen molar-refractivity contribution in [2.75, 3.05) is 0 Å². The van der Waals surface area contributed by atoms with Gasteiger partial charge in [-0.05, 0) is 31.1 Å². The molecule has 14 heavy (non-hydrogen) atoms. The number of esters is 1. The summed E-state index contributed by atoms with van der Waals surface area (Å²) in [5.74, 6) is 1.23. The van der Waals surface area contributed by atoms with Gasteiger partial charge in [0, 0.05) is 11.8 Å². The molecule has 1 aliphatic heterocycles. The smallest absolute Gasteiger partial charge is 0.306 e. The first kappa shape index (κ1) is 10.0. The van der Waals surface area contributed by atoms with Crippen LogP contribution in [-0.4, -0.2) is 12.1 Å². The predicted molar refractivity (Wildman–Crippen MR) is 54.8 cm³/mol. The fourth-order valence-corrected chi connectivity index (χ4v) is 3.07. The Morgan fingerprint density at radius 2 is 2.14 bits per heavy atom. The van der Waals surface area contributed by atoms with Crippen molar-refractivity contribution in [1.82, 2.24) is 0 Å². The van der Waals surface area contributed by atoms with Gasteiger partial charge >= 0.3 is 5.97 Å². The van der Waals surface area contributed by atoms with Gasteiger partial charge in [-0.3, -0.25) is 4.79 Å². The highest BCUT2D eigenvalue weighted by Gasteiger charge is 2.50. The Kier molecular flexibility index (Phi) is 2.32. The molecule has 2 aliphatic rings. The SMILES string of the molecule is CC(C)[C@H]1CC[C@]2(C)CCC(=O)O[C@H]12. The second kappa shape index (κ2) is 3.25. The van der Waals surface area contributed by atoms with Crippen LogP contribution in [0.2, 0.25) is 0 Å². The van der Waals surface area contributed by atoms with Crippen LogP contribution in [0.25, 0.3) is 0 Å². The topological polar surface area (TPSA) is 26.3 Å². The van der Waals surface area contributed by atoms with E-state index in [0.29, 0.717) is 18.3 Å². The zero-order valence-electron chi connectivity index (χ0n) is 9.38. The molecule has 0 aromatic carbocycles. The summed E-state index contributed by atoms with van der Waals surface area (Å²) in [6.07, 6.45) is 4.31. The molecule has 0 aromatic heterocycles. The Bertz CT molecular complexity index is 247. The molecule has 1 saturated heterocycles. The van der Waals surface area contributed by atoms with E-state index < -0.39 is 0 Å². The fourth-order valence-electron chi connectivity index (χ4n) is 3.07. The van der Waals surface area contributed by atoms with Gasteiger partial charge in [0.2, 0.25) is 0 Å². The molecular formula is C12H20O2. The lowest BCUT2D eigenvalue weighted by Crippen LogP contribution is -2.41. The van der Waals surface area contributed by atoms with E-state index >= 15 is 0 Å². The zero-order chi connectivity index (χ0) is 10.3. The second-order valence-corrected chi connectivity index (χ2v) is 5.51. The van der Waals surface area contributed by atoms with Crippen LogP contribution in [0.15, 0.2) is 0 Å². The van der Waals surface area contributed by atoms with Gasteiger partial charge in [-0.15, -0.1) is 0 Å². The van der Waals surface area contributed by atoms with Crippen molar-refractivity contribution in [3.8, 4) is 0 Å². The van der Waals surface area contributed by atoms with Crippen LogP contribution >= 0.6 is 0 Å². The molecule has 1 saturated carbocycles. The number of ether oxygens (including phenoxy) is 1. The average molecular weight is 196 g/mol. The highest BCUT2D eigenvalue weighted by atomic mass is 16.5. The molecule has 2 fully saturated rings. The minimum Gasteiger partial charge on any atom is -0.461 e. The zero-order valence-corrected chi connectivity index (χ0v) is 9.38. The quantitative estimate of drug-likeness (QED) is 0.603. The third kappa shape index (κ3) is 1.45. The summed E-state index contributed by atoms with van der Waals surface area (Å²) in [7, 11) is 0. The van der Waals surface area contributed by atoms with E-state index in [1.165, 1.54) is 12.8 Å². The first-order valence-corrected chi connectivity index (χ1v) is 5.72. The maximum absolute atomic E-state index is 11.3. The van der Waals surface area contributed by atoms with Gasteiger partial charge in [0.1, 0.15) is 6.10 Å². The molecule has 0 N–H and O–H groups in total. The van der Waals surface area contributed by atoms with Crippen LogP contribution in [0.1, 0.15) is 46.5 Å². The summed E-state index contributed by atoms with van der Waals surface area (Å²) in [5.41, 5.74) is 0.281. The van der Waals surface area contributed by atoms with Crippen molar-refractivity contribution in [1.29, 1.82) is 0 Å². The molecule has 80 valence electrons. The van der Waals surface area contributed by atoms with Gasteiger partial charge in [0.15, 0.2) is 0 Å². The van der Waals surface area contributed by atoms with Crippen molar-refractivity contribution in [2.24, 2.45) is 17.3 Å². The standard InChI is InChI=1S/C12H20O2/c1-8(2)9-4-6-12(3)7-5-10(13)14-11(9)12/h8-9,11H,4-7H2,1-3H3/t9-,11-,12-/m1/s1. The molecule has 0 amide bonds. The number of carbonyl (C=O) groups is 1. The lowest BCUT2D eigenvalue weighted by molar-refractivity contribution is -0.167. The Hall–Kier alpha value is -0.530. The van der Waals surface area contributed by atoms with Gasteiger partial charge in [-0.1, -0.05) is 20.8 Å². The Labute approximate surface area is 86.0 Å². The van der Waals surface area contributed by atoms with Crippen LogP contribution in [0, 0.1) is 17.3 Å². The van der Waals surface area contributed by atoms with E-state index in [1.54, 1.807) is 0 Å². The summed E-state index contributed by atoms with van der Waals surface area (Å²) in [6, 6.07) is 0. The molecule has 2 nitrogen and oxygen atoms in total. The highest BCUT2D eigenvalue weighted by Crippen LogP contribution is 2.51. The molecule has 2 heteroatoms. The molecule has 0 radical (unpaired) electrons. The maximum atomic E-state index is 11.3. The number of hydrogen-bond acceptors (Lipinski definition) is 2. The number of rotatable bonds is 1. The van der Waals surface area contributed by atoms with E-state index in [-0.39, 0.29) is 17.5 Å². The third-order valence-corrected chi connectivity index (χ3v) is 4.14. The van der Waals surface area contributed by atoms with Crippen molar-refractivity contribution in [3.05, 3.63) is 0 Å². The molecule has 0 unspecified atom stereocenters. The minimum absolute atomic E-state index is 0.0139. The minimum atomic E-state index is 0.0139. The van der Waals surface area contributed by atoms with Crippen molar-refractivity contribution in [3.63, 3.8) is 0 Å².